The highest BCUT2D eigenvalue weighted by molar-refractivity contribution is 5.71. The molecule has 0 aliphatic carbocycles. The normalized spacial score (nSPS) is 15.5. The summed E-state index contributed by atoms with van der Waals surface area (Å²) in [6, 6.07) is 12.5. The number of carbonyl (C=O) groups is 1. The number of imidazole rings is 1. The molecular weight excluding hydrogens is 397 g/mol. The number of hydrogen-bond acceptors (Lipinski definition) is 4. The average molecular weight is 418 g/mol. The molecule has 6 nitrogen and oxygen atoms in total. The van der Waals surface area contributed by atoms with Crippen molar-refractivity contribution in [3.05, 3.63) is 60.0 Å². The second-order valence-corrected chi connectivity index (χ2v) is 7.36. The van der Waals surface area contributed by atoms with E-state index in [2.05, 4.69) is 9.97 Å². The second kappa shape index (κ2) is 8.33. The number of pyridine rings is 1. The van der Waals surface area contributed by atoms with Crippen LogP contribution in [0, 0.1) is 5.92 Å². The summed E-state index contributed by atoms with van der Waals surface area (Å²) in [5.74, 6) is -0.940. The topological polar surface area (TPSA) is 60.2 Å². The van der Waals surface area contributed by atoms with Crippen molar-refractivity contribution in [2.24, 2.45) is 5.92 Å². The van der Waals surface area contributed by atoms with Crippen LogP contribution in [0.25, 0.3) is 11.2 Å². The van der Waals surface area contributed by atoms with E-state index in [-0.39, 0.29) is 30.2 Å². The number of benzene rings is 1. The summed E-state index contributed by atoms with van der Waals surface area (Å²) in [4.78, 5) is 21.7. The smallest absolute Gasteiger partial charge is 0.445 e. The van der Waals surface area contributed by atoms with Crippen molar-refractivity contribution in [2.45, 2.75) is 32.2 Å². The Balaban J connectivity index is 1.38. The zero-order valence-corrected chi connectivity index (χ0v) is 16.2. The molecule has 3 heterocycles. The van der Waals surface area contributed by atoms with Crippen molar-refractivity contribution < 1.29 is 22.7 Å². The van der Waals surface area contributed by atoms with E-state index in [4.69, 9.17) is 4.74 Å². The van der Waals surface area contributed by atoms with E-state index in [1.807, 2.05) is 30.3 Å². The van der Waals surface area contributed by atoms with Gasteiger partial charge in [-0.25, -0.2) is 14.8 Å². The lowest BCUT2D eigenvalue weighted by atomic mass is 9.97. The molecule has 0 N–H and O–H groups in total. The highest BCUT2D eigenvalue weighted by Crippen LogP contribution is 2.32. The molecule has 0 unspecified atom stereocenters. The quantitative estimate of drug-likeness (QED) is 0.626. The highest BCUT2D eigenvalue weighted by atomic mass is 19.4. The highest BCUT2D eigenvalue weighted by Gasteiger charge is 2.38. The van der Waals surface area contributed by atoms with Crippen LogP contribution < -0.4 is 0 Å². The summed E-state index contributed by atoms with van der Waals surface area (Å²) in [6.45, 7) is 1.25. The average Bonchev–Trinajstić information content (AvgIpc) is 3.12. The van der Waals surface area contributed by atoms with Gasteiger partial charge >= 0.3 is 12.3 Å². The van der Waals surface area contributed by atoms with Crippen molar-refractivity contribution in [3.8, 4) is 0 Å². The molecule has 0 bridgehead atoms. The van der Waals surface area contributed by atoms with Crippen LogP contribution in [0.3, 0.4) is 0 Å². The SMILES string of the molecule is O=C(OCc1ccccc1)N1CCC(Cn2c(C(F)(F)F)nc3cccnc32)CC1. The van der Waals surface area contributed by atoms with Gasteiger partial charge in [-0.1, -0.05) is 30.3 Å². The van der Waals surface area contributed by atoms with Gasteiger partial charge < -0.3 is 14.2 Å². The molecule has 9 heteroatoms. The van der Waals surface area contributed by atoms with Gasteiger partial charge in [0.15, 0.2) is 5.65 Å². The number of fused-ring (bicyclic) bond motifs is 1. The number of rotatable bonds is 4. The maximum absolute atomic E-state index is 13.5. The molecule has 1 fully saturated rings. The number of ether oxygens (including phenoxy) is 1. The molecule has 158 valence electrons. The number of alkyl halides is 3. The summed E-state index contributed by atoms with van der Waals surface area (Å²) in [7, 11) is 0. The van der Waals surface area contributed by atoms with Crippen molar-refractivity contribution in [1.82, 2.24) is 19.4 Å². The molecular formula is C21H21F3N4O2. The summed E-state index contributed by atoms with van der Waals surface area (Å²) in [5.41, 5.74) is 1.36. The van der Waals surface area contributed by atoms with Gasteiger partial charge in [-0.2, -0.15) is 13.2 Å². The Kier molecular flexibility index (Phi) is 5.61. The lowest BCUT2D eigenvalue weighted by molar-refractivity contribution is -0.147. The van der Waals surface area contributed by atoms with Crippen LogP contribution in [0.2, 0.25) is 0 Å². The molecule has 0 spiro atoms. The lowest BCUT2D eigenvalue weighted by Gasteiger charge is -2.31. The predicted octanol–water partition coefficient (Wildman–Crippen LogP) is 4.50. The molecule has 1 aliphatic heterocycles. The molecule has 0 saturated carbocycles. The third-order valence-electron chi connectivity index (χ3n) is 5.28. The fourth-order valence-electron chi connectivity index (χ4n) is 3.71. The van der Waals surface area contributed by atoms with E-state index < -0.39 is 18.1 Å². The minimum atomic E-state index is -4.55. The predicted molar refractivity (Wildman–Crippen MR) is 103 cm³/mol. The van der Waals surface area contributed by atoms with Gasteiger partial charge in [0.25, 0.3) is 0 Å². The Labute approximate surface area is 171 Å². The zero-order chi connectivity index (χ0) is 21.1. The van der Waals surface area contributed by atoms with Crippen molar-refractivity contribution >= 4 is 17.3 Å². The molecule has 0 radical (unpaired) electrons. The van der Waals surface area contributed by atoms with Crippen molar-refractivity contribution in [3.63, 3.8) is 0 Å². The van der Waals surface area contributed by atoms with Gasteiger partial charge in [0.05, 0.1) is 0 Å². The number of nitrogens with zero attached hydrogens (tertiary/aromatic N) is 4. The number of piperidine rings is 1. The molecule has 4 rings (SSSR count). The Hall–Kier alpha value is -3.10. The molecule has 0 atom stereocenters. The van der Waals surface area contributed by atoms with Gasteiger partial charge in [0, 0.05) is 25.8 Å². The molecule has 1 amide bonds. The first-order valence-electron chi connectivity index (χ1n) is 9.76. The molecule has 1 aliphatic rings. The van der Waals surface area contributed by atoms with Crippen LogP contribution >= 0.6 is 0 Å². The van der Waals surface area contributed by atoms with E-state index in [1.165, 1.54) is 12.3 Å². The van der Waals surface area contributed by atoms with Gasteiger partial charge in [-0.15, -0.1) is 0 Å². The maximum atomic E-state index is 13.5. The minimum absolute atomic E-state index is 0.0105. The fourth-order valence-corrected chi connectivity index (χ4v) is 3.71. The third kappa shape index (κ3) is 4.39. The van der Waals surface area contributed by atoms with Crippen molar-refractivity contribution in [2.75, 3.05) is 13.1 Å². The second-order valence-electron chi connectivity index (χ2n) is 7.36. The molecule has 2 aromatic heterocycles. The van der Waals surface area contributed by atoms with Gasteiger partial charge in [0.2, 0.25) is 5.82 Å². The van der Waals surface area contributed by atoms with Gasteiger partial charge in [0.1, 0.15) is 12.1 Å². The molecule has 3 aromatic rings. The van der Waals surface area contributed by atoms with E-state index in [9.17, 15) is 18.0 Å². The first kappa shape index (κ1) is 20.2. The summed E-state index contributed by atoms with van der Waals surface area (Å²) in [5, 5.41) is 0. The first-order valence-corrected chi connectivity index (χ1v) is 9.76. The van der Waals surface area contributed by atoms with Crippen LogP contribution in [0.4, 0.5) is 18.0 Å². The largest absolute Gasteiger partial charge is 0.449 e. The zero-order valence-electron chi connectivity index (χ0n) is 16.2. The third-order valence-corrected chi connectivity index (χ3v) is 5.28. The Bertz CT molecular complexity index is 1010. The van der Waals surface area contributed by atoms with Crippen molar-refractivity contribution in [1.29, 1.82) is 0 Å². The van der Waals surface area contributed by atoms with Gasteiger partial charge in [-0.05, 0) is 36.5 Å². The van der Waals surface area contributed by atoms with E-state index in [0.717, 1.165) is 10.1 Å². The number of aromatic nitrogens is 3. The Morgan fingerprint density at radius 1 is 1.10 bits per heavy atom. The van der Waals surface area contributed by atoms with E-state index in [1.54, 1.807) is 11.0 Å². The number of halogens is 3. The monoisotopic (exact) mass is 418 g/mol. The number of amides is 1. The van der Waals surface area contributed by atoms with Crippen LogP contribution in [0.15, 0.2) is 48.7 Å². The van der Waals surface area contributed by atoms with Crippen LogP contribution in [-0.2, 0) is 24.1 Å². The first-order chi connectivity index (χ1) is 14.4. The van der Waals surface area contributed by atoms with E-state index >= 15 is 0 Å². The number of carbonyl (C=O) groups excluding carboxylic acids is 1. The lowest BCUT2D eigenvalue weighted by Crippen LogP contribution is -2.39. The maximum Gasteiger partial charge on any atom is 0.449 e. The summed E-state index contributed by atoms with van der Waals surface area (Å²) >= 11 is 0. The van der Waals surface area contributed by atoms with Crippen LogP contribution in [0.1, 0.15) is 24.2 Å². The standard InChI is InChI=1S/C21H21F3N4O2/c22-21(23,24)19-26-17-7-4-10-25-18(17)28(19)13-15-8-11-27(12-9-15)20(29)30-14-16-5-2-1-3-6-16/h1-7,10,15H,8-9,11-14H2. The molecule has 1 aromatic carbocycles. The minimum Gasteiger partial charge on any atom is -0.445 e. The van der Waals surface area contributed by atoms with Crippen LogP contribution in [0.5, 0.6) is 0 Å². The Morgan fingerprint density at radius 3 is 2.53 bits per heavy atom. The summed E-state index contributed by atoms with van der Waals surface area (Å²) in [6.07, 6.45) is -2.31. The Morgan fingerprint density at radius 2 is 1.83 bits per heavy atom. The van der Waals surface area contributed by atoms with E-state index in [0.29, 0.717) is 25.9 Å². The number of likely N-dealkylation sites (tertiary alicyclic amines) is 1. The molecule has 30 heavy (non-hydrogen) atoms. The van der Waals surface area contributed by atoms with Crippen LogP contribution in [-0.4, -0.2) is 38.6 Å². The van der Waals surface area contributed by atoms with Gasteiger partial charge in [-0.3, -0.25) is 0 Å². The summed E-state index contributed by atoms with van der Waals surface area (Å²) < 4.78 is 46.9. The fraction of sp³-hybridized carbons (Fsp3) is 0.381. The molecule has 1 saturated heterocycles. The number of hydrogen-bond donors (Lipinski definition) is 0.